The molecule has 0 aliphatic carbocycles. The summed E-state index contributed by atoms with van der Waals surface area (Å²) in [5.74, 6) is 0.461. The van der Waals surface area contributed by atoms with E-state index >= 15 is 0 Å². The summed E-state index contributed by atoms with van der Waals surface area (Å²) in [5.41, 5.74) is 0.479. The summed E-state index contributed by atoms with van der Waals surface area (Å²) < 4.78 is 37.2. The zero-order valence-electron chi connectivity index (χ0n) is 10.5. The van der Waals surface area contributed by atoms with E-state index in [2.05, 4.69) is 4.98 Å². The predicted octanol–water partition coefficient (Wildman–Crippen LogP) is 4.92. The molecule has 0 aliphatic rings. The number of alkyl halides is 3. The highest BCUT2D eigenvalue weighted by molar-refractivity contribution is 7.98. The van der Waals surface area contributed by atoms with Crippen LogP contribution in [-0.2, 0) is 11.9 Å². The van der Waals surface area contributed by atoms with Crippen LogP contribution < -0.4 is 0 Å². The maximum absolute atomic E-state index is 12.4. The largest absolute Gasteiger partial charge is 0.417 e. The SMILES string of the molecule is N#Cc1ccc(CSc2ccc(C(F)(F)F)cn2)c(Cl)c1. The molecule has 0 amide bonds. The van der Waals surface area contributed by atoms with Gasteiger partial charge in [-0.15, -0.1) is 11.8 Å². The van der Waals surface area contributed by atoms with Gasteiger partial charge in [0.15, 0.2) is 0 Å². The molecule has 0 aliphatic heterocycles. The molecule has 1 heterocycles. The third kappa shape index (κ3) is 4.13. The maximum atomic E-state index is 12.4. The van der Waals surface area contributed by atoms with Gasteiger partial charge in [0, 0.05) is 17.0 Å². The fourth-order valence-corrected chi connectivity index (χ4v) is 2.69. The van der Waals surface area contributed by atoms with Gasteiger partial charge >= 0.3 is 6.18 Å². The Kier molecular flexibility index (Phi) is 4.76. The van der Waals surface area contributed by atoms with Gasteiger partial charge in [-0.2, -0.15) is 18.4 Å². The highest BCUT2D eigenvalue weighted by atomic mass is 35.5. The lowest BCUT2D eigenvalue weighted by Crippen LogP contribution is -2.05. The second-order valence-corrected chi connectivity index (χ2v) is 5.49. The molecule has 21 heavy (non-hydrogen) atoms. The Labute approximate surface area is 128 Å². The van der Waals surface area contributed by atoms with E-state index in [0.29, 0.717) is 21.4 Å². The normalized spacial score (nSPS) is 11.2. The molecule has 0 saturated heterocycles. The smallest absolute Gasteiger partial charge is 0.249 e. The van der Waals surface area contributed by atoms with E-state index in [1.165, 1.54) is 17.8 Å². The lowest BCUT2D eigenvalue weighted by molar-refractivity contribution is -0.137. The minimum absolute atomic E-state index is 0.452. The molecule has 0 radical (unpaired) electrons. The molecule has 0 fully saturated rings. The first-order chi connectivity index (χ1) is 9.90. The van der Waals surface area contributed by atoms with Gasteiger partial charge in [0.25, 0.3) is 0 Å². The minimum atomic E-state index is -4.38. The van der Waals surface area contributed by atoms with Gasteiger partial charge in [0.2, 0.25) is 0 Å². The molecule has 0 unspecified atom stereocenters. The summed E-state index contributed by atoms with van der Waals surface area (Å²) in [6.07, 6.45) is -3.57. The number of aromatic nitrogens is 1. The number of hydrogen-bond acceptors (Lipinski definition) is 3. The number of thioether (sulfide) groups is 1. The van der Waals surface area contributed by atoms with Crippen molar-refractivity contribution in [3.63, 3.8) is 0 Å². The summed E-state index contributed by atoms with van der Waals surface area (Å²) in [7, 11) is 0. The van der Waals surface area contributed by atoms with Gasteiger partial charge in [-0.3, -0.25) is 0 Å². The van der Waals surface area contributed by atoms with Crippen molar-refractivity contribution in [1.29, 1.82) is 5.26 Å². The predicted molar refractivity (Wildman–Crippen MR) is 75.0 cm³/mol. The first-order valence-corrected chi connectivity index (χ1v) is 7.11. The highest BCUT2D eigenvalue weighted by Crippen LogP contribution is 2.31. The average molecular weight is 329 g/mol. The molecular weight excluding hydrogens is 321 g/mol. The summed E-state index contributed by atoms with van der Waals surface area (Å²) in [4.78, 5) is 3.77. The van der Waals surface area contributed by atoms with Crippen molar-refractivity contribution in [3.05, 3.63) is 58.2 Å². The second-order valence-electron chi connectivity index (χ2n) is 4.09. The van der Waals surface area contributed by atoms with Crippen molar-refractivity contribution >= 4 is 23.4 Å². The molecule has 0 spiro atoms. The fourth-order valence-electron chi connectivity index (χ4n) is 1.52. The number of halogens is 4. The number of nitriles is 1. The Morgan fingerprint density at radius 1 is 1.24 bits per heavy atom. The molecule has 1 aromatic heterocycles. The first-order valence-electron chi connectivity index (χ1n) is 5.75. The lowest BCUT2D eigenvalue weighted by atomic mass is 10.2. The monoisotopic (exact) mass is 328 g/mol. The van der Waals surface area contributed by atoms with E-state index in [-0.39, 0.29) is 0 Å². The van der Waals surface area contributed by atoms with Crippen LogP contribution in [0, 0.1) is 11.3 Å². The average Bonchev–Trinajstić information content (AvgIpc) is 2.45. The molecule has 2 rings (SSSR count). The Hall–Kier alpha value is -1.71. The van der Waals surface area contributed by atoms with Gasteiger partial charge in [0.05, 0.1) is 22.2 Å². The third-order valence-electron chi connectivity index (χ3n) is 2.62. The summed E-state index contributed by atoms with van der Waals surface area (Å²) in [6, 6.07) is 9.21. The number of rotatable bonds is 3. The Bertz CT molecular complexity index is 678. The Morgan fingerprint density at radius 3 is 2.52 bits per heavy atom. The topological polar surface area (TPSA) is 36.7 Å². The van der Waals surface area contributed by atoms with E-state index in [1.54, 1.807) is 18.2 Å². The van der Waals surface area contributed by atoms with Crippen molar-refractivity contribution in [3.8, 4) is 6.07 Å². The number of pyridine rings is 1. The Morgan fingerprint density at radius 2 is 2.00 bits per heavy atom. The maximum Gasteiger partial charge on any atom is 0.417 e. The van der Waals surface area contributed by atoms with Gasteiger partial charge in [0.1, 0.15) is 0 Å². The molecule has 0 N–H and O–H groups in total. The van der Waals surface area contributed by atoms with E-state index in [1.807, 2.05) is 6.07 Å². The van der Waals surface area contributed by atoms with Crippen molar-refractivity contribution in [2.45, 2.75) is 17.0 Å². The van der Waals surface area contributed by atoms with Gasteiger partial charge in [-0.05, 0) is 29.8 Å². The minimum Gasteiger partial charge on any atom is -0.249 e. The van der Waals surface area contributed by atoms with Crippen LogP contribution in [0.2, 0.25) is 5.02 Å². The van der Waals surface area contributed by atoms with Crippen LogP contribution in [0.4, 0.5) is 13.2 Å². The quantitative estimate of drug-likeness (QED) is 0.750. The van der Waals surface area contributed by atoms with Crippen molar-refractivity contribution in [2.24, 2.45) is 0 Å². The zero-order valence-corrected chi connectivity index (χ0v) is 12.1. The van der Waals surface area contributed by atoms with Gasteiger partial charge < -0.3 is 0 Å². The zero-order chi connectivity index (χ0) is 15.5. The molecule has 1 aromatic carbocycles. The van der Waals surface area contributed by atoms with Crippen molar-refractivity contribution in [1.82, 2.24) is 4.98 Å². The highest BCUT2D eigenvalue weighted by Gasteiger charge is 2.30. The van der Waals surface area contributed by atoms with Crippen LogP contribution in [-0.4, -0.2) is 4.98 Å². The van der Waals surface area contributed by atoms with Crippen LogP contribution in [0.15, 0.2) is 41.6 Å². The van der Waals surface area contributed by atoms with Crippen LogP contribution in [0.25, 0.3) is 0 Å². The van der Waals surface area contributed by atoms with Gasteiger partial charge in [-0.25, -0.2) is 4.98 Å². The molecule has 0 atom stereocenters. The molecule has 2 aromatic rings. The summed E-state index contributed by atoms with van der Waals surface area (Å²) in [6.45, 7) is 0. The van der Waals surface area contributed by atoms with Crippen LogP contribution in [0.5, 0.6) is 0 Å². The van der Waals surface area contributed by atoms with Crippen LogP contribution in [0.3, 0.4) is 0 Å². The number of benzene rings is 1. The van der Waals surface area contributed by atoms with E-state index in [9.17, 15) is 13.2 Å². The molecule has 108 valence electrons. The molecule has 0 bridgehead atoms. The molecular formula is C14H8ClF3N2S. The van der Waals surface area contributed by atoms with Crippen LogP contribution >= 0.6 is 23.4 Å². The summed E-state index contributed by atoms with van der Waals surface area (Å²) in [5, 5.41) is 9.66. The molecule has 2 nitrogen and oxygen atoms in total. The van der Waals surface area contributed by atoms with E-state index in [0.717, 1.165) is 17.8 Å². The number of nitrogens with zero attached hydrogens (tertiary/aromatic N) is 2. The van der Waals surface area contributed by atoms with Crippen molar-refractivity contribution < 1.29 is 13.2 Å². The fraction of sp³-hybridized carbons (Fsp3) is 0.143. The Balaban J connectivity index is 2.05. The van der Waals surface area contributed by atoms with Gasteiger partial charge in [-0.1, -0.05) is 17.7 Å². The van der Waals surface area contributed by atoms with E-state index < -0.39 is 11.7 Å². The van der Waals surface area contributed by atoms with E-state index in [4.69, 9.17) is 16.9 Å². The van der Waals surface area contributed by atoms with Crippen molar-refractivity contribution in [2.75, 3.05) is 0 Å². The second kappa shape index (κ2) is 6.37. The summed E-state index contributed by atoms with van der Waals surface area (Å²) >= 11 is 7.30. The standard InChI is InChI=1S/C14H8ClF3N2S/c15-12-5-9(6-19)1-2-10(12)8-21-13-4-3-11(7-20-13)14(16,17)18/h1-5,7H,8H2. The van der Waals surface area contributed by atoms with Crippen LogP contribution in [0.1, 0.15) is 16.7 Å². The molecule has 7 heteroatoms. The lowest BCUT2D eigenvalue weighted by Gasteiger charge is -2.07. The third-order valence-corrected chi connectivity index (χ3v) is 3.97. The first kappa shape index (κ1) is 15.7. The number of hydrogen-bond donors (Lipinski definition) is 0. The molecule has 0 saturated carbocycles.